The molecule has 0 bridgehead atoms. The number of hydrogen-bond donors (Lipinski definition) is 2. The van der Waals surface area contributed by atoms with E-state index >= 15 is 0 Å². The summed E-state index contributed by atoms with van der Waals surface area (Å²) in [5.41, 5.74) is 1.90. The summed E-state index contributed by atoms with van der Waals surface area (Å²) in [4.78, 5) is 27.8. The van der Waals surface area contributed by atoms with Crippen LogP contribution in [0.4, 0.5) is 8.78 Å². The second-order valence-corrected chi connectivity index (χ2v) is 8.34. The maximum absolute atomic E-state index is 14.9. The van der Waals surface area contributed by atoms with E-state index < -0.39 is 18.0 Å². The summed E-state index contributed by atoms with van der Waals surface area (Å²) < 4.78 is 27.9. The van der Waals surface area contributed by atoms with Gasteiger partial charge in [-0.3, -0.25) is 9.59 Å². The van der Waals surface area contributed by atoms with Crippen LogP contribution in [0.2, 0.25) is 0 Å². The molecule has 1 heterocycles. The minimum Gasteiger partial charge on any atom is -0.481 e. The number of hydrogen-bond acceptors (Lipinski definition) is 3. The Kier molecular flexibility index (Phi) is 7.71. The molecular weight excluding hydrogens is 402 g/mol. The van der Waals surface area contributed by atoms with Crippen LogP contribution in [0.1, 0.15) is 72.0 Å². The molecule has 1 aromatic heterocycles. The van der Waals surface area contributed by atoms with Crippen molar-refractivity contribution in [3.05, 3.63) is 64.7 Å². The topological polar surface area (TPSA) is 79.3 Å². The molecule has 1 amide bonds. The first-order chi connectivity index (χ1) is 14.8. The molecule has 1 aliphatic rings. The van der Waals surface area contributed by atoms with Gasteiger partial charge in [-0.05, 0) is 86.8 Å². The quantitative estimate of drug-likeness (QED) is 0.608. The summed E-state index contributed by atoms with van der Waals surface area (Å²) in [6, 6.07) is 8.97. The summed E-state index contributed by atoms with van der Waals surface area (Å²) in [7, 11) is 0. The smallest absolute Gasteiger partial charge is 0.306 e. The van der Waals surface area contributed by atoms with Gasteiger partial charge in [0.1, 0.15) is 17.7 Å². The van der Waals surface area contributed by atoms with E-state index in [1.807, 2.05) is 0 Å². The lowest BCUT2D eigenvalue weighted by Gasteiger charge is -2.26. The lowest BCUT2D eigenvalue weighted by Crippen LogP contribution is -2.24. The van der Waals surface area contributed by atoms with Crippen LogP contribution in [-0.4, -0.2) is 22.0 Å². The Morgan fingerprint density at radius 2 is 1.84 bits per heavy atom. The first-order valence-electron chi connectivity index (χ1n) is 10.7. The highest BCUT2D eigenvalue weighted by molar-refractivity contribution is 5.92. The van der Waals surface area contributed by atoms with Gasteiger partial charge >= 0.3 is 5.97 Å². The van der Waals surface area contributed by atoms with Gasteiger partial charge in [0.2, 0.25) is 0 Å². The normalized spacial score (nSPS) is 19.6. The van der Waals surface area contributed by atoms with Gasteiger partial charge in [0.05, 0.1) is 5.92 Å². The van der Waals surface area contributed by atoms with Gasteiger partial charge in [-0.15, -0.1) is 0 Å². The Labute approximate surface area is 180 Å². The lowest BCUT2D eigenvalue weighted by atomic mass is 9.79. The number of aromatic nitrogens is 1. The molecule has 2 aromatic rings. The Bertz CT molecular complexity index is 910. The summed E-state index contributed by atoms with van der Waals surface area (Å²) in [6.45, 7) is 1.95. The van der Waals surface area contributed by atoms with Crippen LogP contribution in [0.3, 0.4) is 0 Å². The number of halogens is 2. The van der Waals surface area contributed by atoms with Crippen molar-refractivity contribution in [3.63, 3.8) is 0 Å². The van der Waals surface area contributed by atoms with Crippen LogP contribution in [0.15, 0.2) is 36.4 Å². The molecule has 3 rings (SSSR count). The fourth-order valence-electron chi connectivity index (χ4n) is 4.11. The molecular formula is C24H28F2N2O3. The van der Waals surface area contributed by atoms with Crippen molar-refractivity contribution in [2.45, 2.75) is 58.2 Å². The molecule has 1 aromatic carbocycles. The fourth-order valence-corrected chi connectivity index (χ4v) is 4.11. The highest BCUT2D eigenvalue weighted by Gasteiger charge is 2.26. The molecule has 1 atom stereocenters. The van der Waals surface area contributed by atoms with Gasteiger partial charge in [0.25, 0.3) is 5.91 Å². The van der Waals surface area contributed by atoms with Gasteiger partial charge in [-0.25, -0.2) is 13.8 Å². The summed E-state index contributed by atoms with van der Waals surface area (Å²) in [6.07, 6.45) is 2.77. The molecule has 1 saturated carbocycles. The molecule has 0 spiro atoms. The van der Waals surface area contributed by atoms with E-state index in [9.17, 15) is 18.4 Å². The van der Waals surface area contributed by atoms with E-state index in [2.05, 4.69) is 10.3 Å². The number of carbonyl (C=O) groups is 2. The maximum atomic E-state index is 14.9. The number of alkyl halides is 1. The number of pyridine rings is 1. The molecule has 166 valence electrons. The molecule has 1 aliphatic carbocycles. The number of carboxylic acid groups (broad SMARTS) is 1. The monoisotopic (exact) mass is 430 g/mol. The van der Waals surface area contributed by atoms with E-state index in [1.165, 1.54) is 18.2 Å². The molecule has 0 radical (unpaired) electrons. The molecule has 2 N–H and O–H groups in total. The van der Waals surface area contributed by atoms with Gasteiger partial charge in [0, 0.05) is 12.2 Å². The van der Waals surface area contributed by atoms with Crippen molar-refractivity contribution >= 4 is 11.9 Å². The largest absolute Gasteiger partial charge is 0.481 e. The highest BCUT2D eigenvalue weighted by atomic mass is 19.1. The maximum Gasteiger partial charge on any atom is 0.306 e. The van der Waals surface area contributed by atoms with Gasteiger partial charge in [0.15, 0.2) is 0 Å². The second kappa shape index (κ2) is 10.5. The van der Waals surface area contributed by atoms with E-state index in [4.69, 9.17) is 5.11 Å². The Morgan fingerprint density at radius 3 is 2.48 bits per heavy atom. The number of carbonyl (C=O) groups excluding carboxylic acids is 1. The summed E-state index contributed by atoms with van der Waals surface area (Å²) in [5, 5.41) is 11.8. The number of carboxylic acids is 1. The number of rotatable bonds is 8. The van der Waals surface area contributed by atoms with Crippen molar-refractivity contribution in [1.29, 1.82) is 0 Å². The predicted molar refractivity (Wildman–Crippen MR) is 113 cm³/mol. The van der Waals surface area contributed by atoms with Gasteiger partial charge < -0.3 is 10.4 Å². The third-order valence-corrected chi connectivity index (χ3v) is 5.96. The molecule has 5 nitrogen and oxygen atoms in total. The molecule has 0 aliphatic heterocycles. The zero-order valence-corrected chi connectivity index (χ0v) is 17.6. The van der Waals surface area contributed by atoms with Crippen LogP contribution in [-0.2, 0) is 11.3 Å². The molecule has 31 heavy (non-hydrogen) atoms. The molecule has 1 unspecified atom stereocenters. The van der Waals surface area contributed by atoms with E-state index in [-0.39, 0.29) is 24.0 Å². The number of nitrogens with zero attached hydrogens (tertiary/aromatic N) is 1. The summed E-state index contributed by atoms with van der Waals surface area (Å²) in [5.74, 6) is -1.41. The van der Waals surface area contributed by atoms with Crippen LogP contribution in [0.25, 0.3) is 0 Å². The minimum absolute atomic E-state index is 0.154. The SMILES string of the molecule is Cc1cc(C(F)CCC2CCC(C(=O)O)CC2)cc(C(=O)NCc2ccc(F)cc2)n1. The summed E-state index contributed by atoms with van der Waals surface area (Å²) >= 11 is 0. The average molecular weight is 430 g/mol. The van der Waals surface area contributed by atoms with Gasteiger partial charge in [-0.1, -0.05) is 12.1 Å². The zero-order chi connectivity index (χ0) is 22.4. The predicted octanol–water partition coefficient (Wildman–Crippen LogP) is 5.14. The third-order valence-electron chi connectivity index (χ3n) is 5.96. The Balaban J connectivity index is 1.55. The van der Waals surface area contributed by atoms with Gasteiger partial charge in [-0.2, -0.15) is 0 Å². The minimum atomic E-state index is -1.21. The van der Waals surface area contributed by atoms with Crippen molar-refractivity contribution in [2.75, 3.05) is 0 Å². The third kappa shape index (κ3) is 6.57. The standard InChI is InChI=1S/C24H28F2N2O3/c1-15-12-19(21(26)11-6-16-2-7-18(8-3-16)24(30)31)13-22(28-15)23(29)27-14-17-4-9-20(25)10-5-17/h4-5,9-10,12-13,16,18,21H,2-3,6-8,11,14H2,1H3,(H,27,29)(H,30,31). The first-order valence-corrected chi connectivity index (χ1v) is 10.7. The van der Waals surface area contributed by atoms with Crippen LogP contribution < -0.4 is 5.32 Å². The fraction of sp³-hybridized carbons (Fsp3) is 0.458. The highest BCUT2D eigenvalue weighted by Crippen LogP contribution is 2.34. The second-order valence-electron chi connectivity index (χ2n) is 8.34. The van der Waals surface area contributed by atoms with Crippen molar-refractivity contribution in [3.8, 4) is 0 Å². The molecule has 1 fully saturated rings. The Morgan fingerprint density at radius 1 is 1.16 bits per heavy atom. The Hall–Kier alpha value is -2.83. The zero-order valence-electron chi connectivity index (χ0n) is 17.6. The number of nitrogens with one attached hydrogen (secondary N) is 1. The molecule has 0 saturated heterocycles. The van der Waals surface area contributed by atoms with Crippen LogP contribution in [0, 0.1) is 24.6 Å². The van der Waals surface area contributed by atoms with Crippen molar-refractivity contribution in [1.82, 2.24) is 10.3 Å². The van der Waals surface area contributed by atoms with Crippen LogP contribution >= 0.6 is 0 Å². The van der Waals surface area contributed by atoms with Crippen molar-refractivity contribution in [2.24, 2.45) is 11.8 Å². The van der Waals surface area contributed by atoms with E-state index in [0.717, 1.165) is 18.4 Å². The van der Waals surface area contributed by atoms with E-state index in [1.54, 1.807) is 25.1 Å². The number of benzene rings is 1. The van der Waals surface area contributed by atoms with E-state index in [0.29, 0.717) is 42.9 Å². The number of amides is 1. The average Bonchev–Trinajstić information content (AvgIpc) is 2.76. The van der Waals surface area contributed by atoms with Crippen molar-refractivity contribution < 1.29 is 23.5 Å². The van der Waals surface area contributed by atoms with Crippen LogP contribution in [0.5, 0.6) is 0 Å². The first kappa shape index (κ1) is 22.8. The number of aliphatic carboxylic acids is 1. The molecule has 7 heteroatoms. The lowest BCUT2D eigenvalue weighted by molar-refractivity contribution is -0.143. The number of aryl methyl sites for hydroxylation is 1.